The van der Waals surface area contributed by atoms with Gasteiger partial charge in [0.1, 0.15) is 55.8 Å². The van der Waals surface area contributed by atoms with Crippen molar-refractivity contribution in [2.24, 2.45) is 11.7 Å². The predicted molar refractivity (Wildman–Crippen MR) is 350 cm³/mol. The lowest BCUT2D eigenvalue weighted by molar-refractivity contribution is -0.255. The maximum absolute atomic E-state index is 11.7. The minimum Gasteiger partial charge on any atom is -0.461 e. The Bertz CT molecular complexity index is 2300. The number of likely N-dealkylation sites (N-methyl/N-ethyl adjacent to an activating group) is 1. The van der Waals surface area contributed by atoms with Crippen LogP contribution in [0, 0.1) is 5.92 Å². The molecular formula is C63H107N5O21S2. The molecule has 0 aromatic carbocycles. The van der Waals surface area contributed by atoms with E-state index in [0.717, 1.165) is 17.3 Å². The summed E-state index contributed by atoms with van der Waals surface area (Å²) in [5.74, 6) is -1.97. The highest BCUT2D eigenvalue weighted by Crippen LogP contribution is 2.31. The van der Waals surface area contributed by atoms with Gasteiger partial charge in [-0.05, 0) is 98.8 Å². The third kappa shape index (κ3) is 55.2. The van der Waals surface area contributed by atoms with Gasteiger partial charge < -0.3 is 82.8 Å². The molecule has 0 saturated carbocycles. The molecule has 0 bridgehead atoms. The van der Waals surface area contributed by atoms with E-state index in [9.17, 15) is 38.4 Å². The zero-order chi connectivity index (χ0) is 69.0. The highest BCUT2D eigenvalue weighted by atomic mass is 33.1. The SMILES string of the molecule is C.C=C(C)C(=O)OCCN(C)C.C=C(C)C(=O)OCCOCCN.C=C(C)C(=O)OCCOCCNC(=O)OC(C)(C)C.C=C(C)C(=O)OCCOCCOCCOC1O[C@H](CC)[C@H](C)[C@H](OC(C)=O)[C@H]1NC(C)=O.C=C(C)C(=O)OCCSSc1ccccn1. The lowest BCUT2D eigenvalue weighted by Crippen LogP contribution is -2.62. The molecular weight excluding hydrogens is 1230 g/mol. The summed E-state index contributed by atoms with van der Waals surface area (Å²) in [6.45, 7) is 43.3. The van der Waals surface area contributed by atoms with Gasteiger partial charge in [-0.1, -0.05) is 71.0 Å². The van der Waals surface area contributed by atoms with Crippen LogP contribution < -0.4 is 16.4 Å². The van der Waals surface area contributed by atoms with E-state index in [2.05, 4.69) is 48.5 Å². The van der Waals surface area contributed by atoms with Crippen LogP contribution in [0.5, 0.6) is 0 Å². The molecule has 522 valence electrons. The van der Waals surface area contributed by atoms with Gasteiger partial charge in [0.05, 0.1) is 65.6 Å². The number of pyridine rings is 1. The first-order valence-corrected chi connectivity index (χ1v) is 31.3. The van der Waals surface area contributed by atoms with Crippen LogP contribution in [0.4, 0.5) is 4.79 Å². The number of hydrogen-bond acceptors (Lipinski definition) is 26. The fourth-order valence-electron chi connectivity index (χ4n) is 6.00. The molecule has 1 saturated heterocycles. The molecule has 1 aromatic rings. The Morgan fingerprint density at radius 1 is 0.637 bits per heavy atom. The summed E-state index contributed by atoms with van der Waals surface area (Å²) >= 11 is 0. The van der Waals surface area contributed by atoms with Crippen molar-refractivity contribution >= 4 is 69.4 Å². The summed E-state index contributed by atoms with van der Waals surface area (Å²) in [5.41, 5.74) is 6.63. The van der Waals surface area contributed by atoms with Crippen molar-refractivity contribution in [3.63, 3.8) is 0 Å². The average molecular weight is 1330 g/mol. The van der Waals surface area contributed by atoms with Crippen LogP contribution in [-0.2, 0) is 95.1 Å². The van der Waals surface area contributed by atoms with Crippen molar-refractivity contribution in [2.75, 3.05) is 132 Å². The van der Waals surface area contributed by atoms with Crippen molar-refractivity contribution in [1.82, 2.24) is 20.5 Å². The van der Waals surface area contributed by atoms with E-state index in [4.69, 9.17) is 67.3 Å². The van der Waals surface area contributed by atoms with Gasteiger partial charge in [0, 0.05) is 79.2 Å². The summed E-state index contributed by atoms with van der Waals surface area (Å²) in [6.07, 6.45) is 0.471. The number of amides is 2. The van der Waals surface area contributed by atoms with Crippen molar-refractivity contribution in [3.8, 4) is 0 Å². The highest BCUT2D eigenvalue weighted by Gasteiger charge is 2.46. The van der Waals surface area contributed by atoms with Crippen LogP contribution in [0.1, 0.15) is 96.9 Å². The summed E-state index contributed by atoms with van der Waals surface area (Å²) in [6, 6.07) is 5.14. The van der Waals surface area contributed by atoms with Crippen molar-refractivity contribution in [1.29, 1.82) is 0 Å². The van der Waals surface area contributed by atoms with Crippen LogP contribution in [0.15, 0.2) is 90.2 Å². The van der Waals surface area contributed by atoms with E-state index in [0.29, 0.717) is 93.6 Å². The fourth-order valence-corrected chi connectivity index (χ4v) is 7.70. The van der Waals surface area contributed by atoms with E-state index in [1.165, 1.54) is 13.8 Å². The molecule has 28 heteroatoms. The maximum Gasteiger partial charge on any atom is 0.407 e. The quantitative estimate of drug-likeness (QED) is 0.0193. The number of nitrogens with zero attached hydrogens (tertiary/aromatic N) is 2. The summed E-state index contributed by atoms with van der Waals surface area (Å²) in [5, 5.41) is 6.30. The first-order chi connectivity index (χ1) is 42.3. The minimum atomic E-state index is -0.771. The first kappa shape index (κ1) is 91.2. The van der Waals surface area contributed by atoms with Gasteiger partial charge in [-0.3, -0.25) is 9.59 Å². The number of carbonyl (C=O) groups excluding carboxylic acids is 8. The van der Waals surface area contributed by atoms with Crippen LogP contribution in [0.25, 0.3) is 0 Å². The maximum atomic E-state index is 11.7. The van der Waals surface area contributed by atoms with Crippen LogP contribution in [-0.4, -0.2) is 220 Å². The molecule has 1 aliphatic heterocycles. The molecule has 5 atom stereocenters. The predicted octanol–water partition coefficient (Wildman–Crippen LogP) is 7.34. The zero-order valence-corrected chi connectivity index (χ0v) is 57.2. The first-order valence-electron chi connectivity index (χ1n) is 29.0. The molecule has 4 N–H and O–H groups in total. The monoisotopic (exact) mass is 1330 g/mol. The second kappa shape index (κ2) is 56.5. The molecule has 2 amide bonds. The standard InChI is InChI=1S/C22H37NO9.C13H23NO5.C11H13NO2S2.C8H15NO3.C8H15NO2.CH4/c1-7-18-15(4)20(31-17(6)25)19(23-16(5)24)22(32-18)30-13-11-28-9-8-27-10-12-29-21(26)14(2)3;1-10(2)11(15)18-9-8-17-7-6-14-12(16)19-13(3,4)5;1-9(2)11(13)14-7-8-15-16-10-5-3-4-6-12-10;1-7(2)8(10)12-6-5-11-4-3-9;1-7(2)8(10)11-6-5-9(3)4;/h15,18-20,22H,2,7-13H2,1,3-6H3,(H,23,24);1,6-9H2,2-5H3,(H,14,16);3-6H,1,7-8H2,2H3;1,3-6,9H2,2H3;1,5-6H2,2-4H3;1H4/t15-,18+,19+,20-,22?;;;;;/m0...../s1. The Hall–Kier alpha value is -6.21. The summed E-state index contributed by atoms with van der Waals surface area (Å²) < 4.78 is 67.6. The molecule has 0 aliphatic carbocycles. The van der Waals surface area contributed by atoms with Crippen molar-refractivity contribution in [3.05, 3.63) is 85.2 Å². The third-order valence-electron chi connectivity index (χ3n) is 10.3. The van der Waals surface area contributed by atoms with Gasteiger partial charge in [-0.25, -0.2) is 33.8 Å². The molecule has 1 unspecified atom stereocenters. The van der Waals surface area contributed by atoms with Crippen LogP contribution >= 0.6 is 21.6 Å². The molecule has 0 radical (unpaired) electrons. The number of alkyl carbamates (subject to hydrolysis) is 1. The Morgan fingerprint density at radius 3 is 1.48 bits per heavy atom. The second-order valence-corrected chi connectivity index (χ2v) is 23.0. The van der Waals surface area contributed by atoms with Gasteiger partial charge in [-0.15, -0.1) is 0 Å². The third-order valence-corrected chi connectivity index (χ3v) is 12.5. The molecule has 2 heterocycles. The lowest BCUT2D eigenvalue weighted by Gasteiger charge is -2.44. The van der Waals surface area contributed by atoms with Crippen molar-refractivity contribution < 1.29 is 99.9 Å². The average Bonchev–Trinajstić information content (AvgIpc) is 0.887. The van der Waals surface area contributed by atoms with E-state index < -0.39 is 48.0 Å². The van der Waals surface area contributed by atoms with Gasteiger partial charge in [0.25, 0.3) is 0 Å². The summed E-state index contributed by atoms with van der Waals surface area (Å²) in [4.78, 5) is 95.5. The Labute approximate surface area is 548 Å². The smallest absolute Gasteiger partial charge is 0.407 e. The van der Waals surface area contributed by atoms with Crippen molar-refractivity contribution in [2.45, 2.75) is 132 Å². The van der Waals surface area contributed by atoms with E-state index in [-0.39, 0.29) is 89.5 Å². The largest absolute Gasteiger partial charge is 0.461 e. The van der Waals surface area contributed by atoms with E-state index >= 15 is 0 Å². The molecule has 1 aliphatic rings. The fraction of sp³-hybridized carbons (Fsp3) is 0.635. The molecule has 2 rings (SSSR count). The molecule has 26 nitrogen and oxygen atoms in total. The highest BCUT2D eigenvalue weighted by molar-refractivity contribution is 8.76. The van der Waals surface area contributed by atoms with Gasteiger partial charge in [-0.2, -0.15) is 0 Å². The minimum absolute atomic E-state index is 0. The number of aromatic nitrogens is 1. The topological polar surface area (TPSA) is 323 Å². The number of nitrogens with two attached hydrogens (primary N) is 1. The number of carbonyl (C=O) groups is 8. The van der Waals surface area contributed by atoms with Gasteiger partial charge in [0.2, 0.25) is 5.91 Å². The Kier molecular flexibility index (Phi) is 56.7. The lowest BCUT2D eigenvalue weighted by atomic mass is 9.87. The van der Waals surface area contributed by atoms with Crippen LogP contribution in [0.3, 0.4) is 0 Å². The van der Waals surface area contributed by atoms with Crippen LogP contribution in [0.2, 0.25) is 0 Å². The molecule has 1 aromatic heterocycles. The molecule has 0 spiro atoms. The Balaban J connectivity index is -0.000000552. The second-order valence-electron chi connectivity index (χ2n) is 20.6. The van der Waals surface area contributed by atoms with E-state index in [1.807, 2.05) is 51.0 Å². The number of ether oxygens (including phenoxy) is 13. The number of esters is 6. The van der Waals surface area contributed by atoms with Gasteiger partial charge >= 0.3 is 41.9 Å². The number of rotatable bonds is 37. The molecule has 1 fully saturated rings. The normalized spacial score (nSPS) is 15.2. The summed E-state index contributed by atoms with van der Waals surface area (Å²) in [7, 11) is 7.03. The zero-order valence-electron chi connectivity index (χ0n) is 55.5. The number of nitrogens with one attached hydrogen (secondary N) is 2. The molecule has 91 heavy (non-hydrogen) atoms. The van der Waals surface area contributed by atoms with Gasteiger partial charge in [0.15, 0.2) is 6.29 Å². The van der Waals surface area contributed by atoms with E-state index in [1.54, 1.807) is 83.2 Å². The Morgan fingerprint density at radius 2 is 1.08 bits per heavy atom. The number of hydrogen-bond donors (Lipinski definition) is 3.